The van der Waals surface area contributed by atoms with Gasteiger partial charge in [0.05, 0.1) is 17.8 Å². The van der Waals surface area contributed by atoms with Crippen LogP contribution in [0.15, 0.2) is 24.3 Å². The molecule has 0 aliphatic heterocycles. The molecule has 96 valence electrons. The number of benzene rings is 1. The summed E-state index contributed by atoms with van der Waals surface area (Å²) in [5.41, 5.74) is 0.521. The minimum atomic E-state index is -1.12. The van der Waals surface area contributed by atoms with Crippen molar-refractivity contribution in [2.45, 2.75) is 0 Å². The molecule has 0 aromatic heterocycles. The Balaban J connectivity index is 3.02. The van der Waals surface area contributed by atoms with Crippen molar-refractivity contribution in [3.8, 4) is 12.1 Å². The quantitative estimate of drug-likeness (QED) is 0.643. The molecule has 0 fully saturated rings. The molecule has 1 aromatic carbocycles. The van der Waals surface area contributed by atoms with Gasteiger partial charge in [-0.05, 0) is 23.8 Å². The van der Waals surface area contributed by atoms with E-state index in [0.717, 1.165) is 12.1 Å². The first-order valence-corrected chi connectivity index (χ1v) is 5.28. The van der Waals surface area contributed by atoms with Crippen LogP contribution in [0.5, 0.6) is 0 Å². The maximum Gasteiger partial charge on any atom is 0.328 e. The highest BCUT2D eigenvalue weighted by Crippen LogP contribution is 2.20. The van der Waals surface area contributed by atoms with Gasteiger partial charge in [-0.1, -0.05) is 6.07 Å². The second-order valence-electron chi connectivity index (χ2n) is 3.55. The highest BCUT2D eigenvalue weighted by molar-refractivity contribution is 5.85. The van der Waals surface area contributed by atoms with E-state index in [-0.39, 0.29) is 18.8 Å². The molecule has 0 amide bonds. The van der Waals surface area contributed by atoms with Gasteiger partial charge in [0, 0.05) is 6.08 Å². The lowest BCUT2D eigenvalue weighted by molar-refractivity contribution is -0.131. The molecule has 1 aromatic rings. The molecular weight excluding hydrogens is 249 g/mol. The Labute approximate surface area is 109 Å². The number of rotatable bonds is 5. The number of carboxylic acids is 1. The number of halogens is 1. The van der Waals surface area contributed by atoms with E-state index >= 15 is 0 Å². The Morgan fingerprint density at radius 1 is 1.37 bits per heavy atom. The van der Waals surface area contributed by atoms with Gasteiger partial charge in [-0.3, -0.25) is 0 Å². The lowest BCUT2D eigenvalue weighted by atomic mass is 10.1. The molecule has 19 heavy (non-hydrogen) atoms. The van der Waals surface area contributed by atoms with Crippen LogP contribution in [0.3, 0.4) is 0 Å². The minimum Gasteiger partial charge on any atom is -0.478 e. The second kappa shape index (κ2) is 6.77. The van der Waals surface area contributed by atoms with E-state index in [1.165, 1.54) is 23.1 Å². The first-order chi connectivity index (χ1) is 9.08. The predicted octanol–water partition coefficient (Wildman–Crippen LogP) is 1.78. The Bertz CT molecular complexity index is 569. The lowest BCUT2D eigenvalue weighted by Crippen LogP contribution is -2.24. The monoisotopic (exact) mass is 259 g/mol. The second-order valence-corrected chi connectivity index (χ2v) is 3.55. The van der Waals surface area contributed by atoms with Crippen LogP contribution < -0.4 is 4.90 Å². The fourth-order valence-corrected chi connectivity index (χ4v) is 1.45. The van der Waals surface area contributed by atoms with E-state index in [4.69, 9.17) is 15.6 Å². The number of anilines is 1. The van der Waals surface area contributed by atoms with Gasteiger partial charge in [0.2, 0.25) is 0 Å². The number of aliphatic carboxylic acids is 1. The van der Waals surface area contributed by atoms with Crippen LogP contribution in [0.25, 0.3) is 6.08 Å². The molecule has 1 rings (SSSR count). The molecule has 1 N–H and O–H groups in total. The van der Waals surface area contributed by atoms with Crippen molar-refractivity contribution in [1.82, 2.24) is 0 Å². The van der Waals surface area contributed by atoms with Crippen molar-refractivity contribution in [1.29, 1.82) is 10.5 Å². The molecule has 0 atom stereocenters. The SMILES string of the molecule is N#CCN(CC#N)c1ccc(/C=C/C(=O)O)cc1F. The predicted molar refractivity (Wildman–Crippen MR) is 66.5 cm³/mol. The summed E-state index contributed by atoms with van der Waals surface area (Å²) in [5, 5.41) is 25.7. The van der Waals surface area contributed by atoms with E-state index < -0.39 is 11.8 Å². The average Bonchev–Trinajstić information content (AvgIpc) is 2.36. The van der Waals surface area contributed by atoms with Crippen LogP contribution in [-0.2, 0) is 4.79 Å². The zero-order valence-electron chi connectivity index (χ0n) is 9.88. The maximum absolute atomic E-state index is 13.8. The highest BCUT2D eigenvalue weighted by atomic mass is 19.1. The first kappa shape index (κ1) is 14.2. The Kier molecular flexibility index (Phi) is 5.06. The van der Waals surface area contributed by atoms with Crippen molar-refractivity contribution in [3.05, 3.63) is 35.7 Å². The molecule has 0 unspecified atom stereocenters. The Morgan fingerprint density at radius 2 is 2.00 bits per heavy atom. The van der Waals surface area contributed by atoms with Crippen LogP contribution >= 0.6 is 0 Å². The first-order valence-electron chi connectivity index (χ1n) is 5.28. The van der Waals surface area contributed by atoms with Gasteiger partial charge < -0.3 is 10.0 Å². The summed E-state index contributed by atoms with van der Waals surface area (Å²) in [7, 11) is 0. The summed E-state index contributed by atoms with van der Waals surface area (Å²) in [5.74, 6) is -1.74. The fourth-order valence-electron chi connectivity index (χ4n) is 1.45. The summed E-state index contributed by atoms with van der Waals surface area (Å²) >= 11 is 0. The van der Waals surface area contributed by atoms with E-state index in [1.54, 1.807) is 0 Å². The summed E-state index contributed by atoms with van der Waals surface area (Å²) in [4.78, 5) is 11.6. The van der Waals surface area contributed by atoms with Crippen LogP contribution in [0, 0.1) is 28.5 Å². The van der Waals surface area contributed by atoms with Gasteiger partial charge in [0.1, 0.15) is 18.9 Å². The van der Waals surface area contributed by atoms with Crippen molar-refractivity contribution >= 4 is 17.7 Å². The third kappa shape index (κ3) is 4.14. The average molecular weight is 259 g/mol. The van der Waals surface area contributed by atoms with Gasteiger partial charge >= 0.3 is 5.97 Å². The molecule has 0 aliphatic rings. The Morgan fingerprint density at radius 3 is 2.47 bits per heavy atom. The van der Waals surface area contributed by atoms with E-state index in [0.29, 0.717) is 5.56 Å². The molecule has 0 saturated heterocycles. The number of carbonyl (C=O) groups is 1. The molecular formula is C13H10FN3O2. The van der Waals surface area contributed by atoms with Gasteiger partial charge in [0.25, 0.3) is 0 Å². The zero-order chi connectivity index (χ0) is 14.3. The van der Waals surface area contributed by atoms with Gasteiger partial charge in [0.15, 0.2) is 0 Å². The Hall–Kier alpha value is -2.86. The van der Waals surface area contributed by atoms with E-state index in [2.05, 4.69) is 0 Å². The maximum atomic E-state index is 13.8. The molecule has 0 aliphatic carbocycles. The van der Waals surface area contributed by atoms with Crippen LogP contribution in [0.1, 0.15) is 5.56 Å². The van der Waals surface area contributed by atoms with Crippen LogP contribution in [-0.4, -0.2) is 24.2 Å². The van der Waals surface area contributed by atoms with E-state index in [1.807, 2.05) is 12.1 Å². The minimum absolute atomic E-state index is 0.102. The van der Waals surface area contributed by atoms with Crippen LogP contribution in [0.4, 0.5) is 10.1 Å². The molecule has 0 radical (unpaired) electrons. The van der Waals surface area contributed by atoms with Crippen molar-refractivity contribution in [3.63, 3.8) is 0 Å². The lowest BCUT2D eigenvalue weighted by Gasteiger charge is -2.18. The van der Waals surface area contributed by atoms with E-state index in [9.17, 15) is 9.18 Å². The standard InChI is InChI=1S/C13H10FN3O2/c14-11-9-10(2-4-13(18)19)1-3-12(11)17(7-5-15)8-6-16/h1-4,9H,7-8H2,(H,18,19)/b4-2+. The summed E-state index contributed by atoms with van der Waals surface area (Å²) < 4.78 is 13.8. The van der Waals surface area contributed by atoms with Gasteiger partial charge in [-0.25, -0.2) is 9.18 Å². The third-order valence-corrected chi connectivity index (χ3v) is 2.25. The molecule has 0 heterocycles. The number of nitriles is 2. The fraction of sp³-hybridized carbons (Fsp3) is 0.154. The van der Waals surface area contributed by atoms with Gasteiger partial charge in [-0.15, -0.1) is 0 Å². The summed E-state index contributed by atoms with van der Waals surface area (Å²) in [6.45, 7) is -0.205. The third-order valence-electron chi connectivity index (χ3n) is 2.25. The number of carboxylic acid groups (broad SMARTS) is 1. The van der Waals surface area contributed by atoms with Gasteiger partial charge in [-0.2, -0.15) is 10.5 Å². The molecule has 6 heteroatoms. The zero-order valence-corrected chi connectivity index (χ0v) is 9.88. The molecule has 5 nitrogen and oxygen atoms in total. The summed E-state index contributed by atoms with van der Waals surface area (Å²) in [6.07, 6.45) is 2.16. The summed E-state index contributed by atoms with van der Waals surface area (Å²) in [6, 6.07) is 7.77. The van der Waals surface area contributed by atoms with Crippen molar-refractivity contribution in [2.75, 3.05) is 18.0 Å². The number of hydrogen-bond acceptors (Lipinski definition) is 4. The largest absolute Gasteiger partial charge is 0.478 e. The molecule has 0 bridgehead atoms. The molecule has 0 spiro atoms. The van der Waals surface area contributed by atoms with Crippen molar-refractivity contribution < 1.29 is 14.3 Å². The topological polar surface area (TPSA) is 88.1 Å². The number of hydrogen-bond donors (Lipinski definition) is 1. The van der Waals surface area contributed by atoms with Crippen LogP contribution in [0.2, 0.25) is 0 Å². The number of nitrogens with zero attached hydrogens (tertiary/aromatic N) is 3. The normalized spacial score (nSPS) is 9.84. The molecule has 0 saturated carbocycles. The highest BCUT2D eigenvalue weighted by Gasteiger charge is 2.11. The smallest absolute Gasteiger partial charge is 0.328 e. The van der Waals surface area contributed by atoms with Crippen molar-refractivity contribution in [2.24, 2.45) is 0 Å².